The van der Waals surface area contributed by atoms with Crippen LogP contribution in [0.2, 0.25) is 0 Å². The summed E-state index contributed by atoms with van der Waals surface area (Å²) in [5, 5.41) is 0. The molecule has 5 heterocycles. The topological polar surface area (TPSA) is 49.6 Å². The molecule has 2 aliphatic carbocycles. The molecule has 2 aliphatic heterocycles. The fourth-order valence-electron chi connectivity index (χ4n) is 5.76. The Hall–Kier alpha value is -3.11. The van der Waals surface area contributed by atoms with Crippen molar-refractivity contribution in [2.45, 2.75) is 38.5 Å². The third-order valence-electron chi connectivity index (χ3n) is 7.44. The summed E-state index contributed by atoms with van der Waals surface area (Å²) >= 11 is 0. The van der Waals surface area contributed by atoms with Gasteiger partial charge in [-0.15, -0.1) is 5.73 Å². The average Bonchev–Trinajstić information content (AvgIpc) is 3.20. The van der Waals surface area contributed by atoms with Gasteiger partial charge in [-0.05, 0) is 56.1 Å². The van der Waals surface area contributed by atoms with Crippen molar-refractivity contribution in [2.24, 2.45) is 5.41 Å². The van der Waals surface area contributed by atoms with E-state index in [2.05, 4.69) is 31.0 Å². The second kappa shape index (κ2) is 5.96. The van der Waals surface area contributed by atoms with E-state index in [1.54, 1.807) is 0 Å². The number of nitrogens with zero attached hydrogens (tertiary/aromatic N) is 6. The predicted molar refractivity (Wildman–Crippen MR) is 116 cm³/mol. The summed E-state index contributed by atoms with van der Waals surface area (Å²) in [5.41, 5.74) is 10.4. The molecule has 150 valence electrons. The molecule has 4 aliphatic rings. The quantitative estimate of drug-likeness (QED) is 0.612. The number of aromatic nitrogens is 4. The molecule has 6 nitrogen and oxygen atoms in total. The number of fused-ring (bicyclic) bond motifs is 3. The number of piperidine rings is 1. The van der Waals surface area contributed by atoms with Crippen molar-refractivity contribution in [1.82, 2.24) is 19.4 Å². The molecule has 0 amide bonds. The highest BCUT2D eigenvalue weighted by molar-refractivity contribution is 5.73. The van der Waals surface area contributed by atoms with E-state index >= 15 is 0 Å². The monoisotopic (exact) mass is 396 g/mol. The van der Waals surface area contributed by atoms with Crippen molar-refractivity contribution >= 4 is 23.0 Å². The molecule has 2 fully saturated rings. The number of aryl methyl sites for hydroxylation is 1. The number of allylic oxidation sites excluding steroid dienone is 1. The highest BCUT2D eigenvalue weighted by Crippen LogP contribution is 2.55. The van der Waals surface area contributed by atoms with Crippen LogP contribution >= 0.6 is 0 Å². The van der Waals surface area contributed by atoms with Crippen LogP contribution in [0.4, 0.5) is 17.5 Å². The molecule has 0 bridgehead atoms. The van der Waals surface area contributed by atoms with E-state index in [1.165, 1.54) is 42.5 Å². The first-order valence-electron chi connectivity index (χ1n) is 11.1. The number of imidazole rings is 1. The lowest BCUT2D eigenvalue weighted by Crippen LogP contribution is -2.39. The smallest absolute Gasteiger partial charge is 0.214 e. The first kappa shape index (κ1) is 16.7. The average molecular weight is 396 g/mol. The first-order valence-corrected chi connectivity index (χ1v) is 11.1. The van der Waals surface area contributed by atoms with Crippen molar-refractivity contribution in [2.75, 3.05) is 29.4 Å². The van der Waals surface area contributed by atoms with E-state index in [9.17, 15) is 0 Å². The molecule has 3 aromatic rings. The molecule has 3 aromatic heterocycles. The molecule has 0 N–H and O–H groups in total. The summed E-state index contributed by atoms with van der Waals surface area (Å²) < 4.78 is 2.20. The van der Waals surface area contributed by atoms with E-state index in [0.717, 1.165) is 55.5 Å². The van der Waals surface area contributed by atoms with Crippen LogP contribution in [-0.2, 0) is 6.42 Å². The molecule has 0 aromatic carbocycles. The number of pyridine rings is 1. The van der Waals surface area contributed by atoms with E-state index in [4.69, 9.17) is 9.97 Å². The Bertz CT molecular complexity index is 1220. The van der Waals surface area contributed by atoms with Gasteiger partial charge in [-0.25, -0.2) is 9.97 Å². The highest BCUT2D eigenvalue weighted by Gasteiger charge is 2.45. The Morgan fingerprint density at radius 3 is 2.70 bits per heavy atom. The maximum atomic E-state index is 4.84. The van der Waals surface area contributed by atoms with Crippen molar-refractivity contribution in [3.63, 3.8) is 0 Å². The van der Waals surface area contributed by atoms with Gasteiger partial charge in [0, 0.05) is 49.4 Å². The number of hydrogen-bond donors (Lipinski definition) is 0. The Labute approximate surface area is 175 Å². The van der Waals surface area contributed by atoms with Crippen LogP contribution in [0, 0.1) is 5.41 Å². The Morgan fingerprint density at radius 2 is 1.83 bits per heavy atom. The molecular formula is C24H24N6. The molecule has 0 unspecified atom stereocenters. The zero-order valence-corrected chi connectivity index (χ0v) is 17.0. The third-order valence-corrected chi connectivity index (χ3v) is 7.44. The van der Waals surface area contributed by atoms with Gasteiger partial charge in [-0.1, -0.05) is 0 Å². The number of anilines is 3. The summed E-state index contributed by atoms with van der Waals surface area (Å²) in [7, 11) is 0. The lowest BCUT2D eigenvalue weighted by atomic mass is 9.76. The summed E-state index contributed by atoms with van der Waals surface area (Å²) in [6.07, 6.45) is 15.0. The zero-order valence-electron chi connectivity index (χ0n) is 17.0. The molecule has 7 rings (SSSR count). The van der Waals surface area contributed by atoms with Crippen LogP contribution in [0.15, 0.2) is 53.8 Å². The minimum atomic E-state index is 0.507. The lowest BCUT2D eigenvalue weighted by Gasteiger charge is -2.39. The molecule has 30 heavy (non-hydrogen) atoms. The van der Waals surface area contributed by atoms with Crippen molar-refractivity contribution < 1.29 is 0 Å². The maximum absolute atomic E-state index is 4.84. The van der Waals surface area contributed by atoms with E-state index in [-0.39, 0.29) is 0 Å². The fourth-order valence-corrected chi connectivity index (χ4v) is 5.76. The lowest BCUT2D eigenvalue weighted by molar-refractivity contribution is 0.236. The second-order valence-electron chi connectivity index (χ2n) is 9.21. The molecule has 1 saturated carbocycles. The van der Waals surface area contributed by atoms with Gasteiger partial charge in [0.1, 0.15) is 5.52 Å². The number of hydrogen-bond acceptors (Lipinski definition) is 5. The van der Waals surface area contributed by atoms with Crippen LogP contribution in [0.25, 0.3) is 5.52 Å². The summed E-state index contributed by atoms with van der Waals surface area (Å²) in [5.74, 6) is 2.03. The van der Waals surface area contributed by atoms with Gasteiger partial charge in [0.15, 0.2) is 5.82 Å². The normalized spacial score (nSPS) is 21.5. The van der Waals surface area contributed by atoms with E-state index < -0.39 is 0 Å². The minimum absolute atomic E-state index is 0.507. The molecule has 6 heteroatoms. The maximum Gasteiger partial charge on any atom is 0.214 e. The zero-order chi connectivity index (χ0) is 19.7. The Kier molecular flexibility index (Phi) is 3.31. The van der Waals surface area contributed by atoms with Crippen molar-refractivity contribution in [1.29, 1.82) is 0 Å². The molecular weight excluding hydrogens is 372 g/mol. The molecule has 0 atom stereocenters. The third kappa shape index (κ3) is 2.40. The number of rotatable bonds is 2. The van der Waals surface area contributed by atoms with Gasteiger partial charge in [-0.3, -0.25) is 9.38 Å². The van der Waals surface area contributed by atoms with Crippen LogP contribution < -0.4 is 9.80 Å². The standard InChI is InChI=1S/C24H24N6/c1-4-20-19(25-7-1)3-2-9-29(20)23-27-16-21-22(26-8-12-30(21)23)28-10-5-24(6-11-28)14-17-13-18(17)15-24/h1,4,7-8,12,16H,2-3,5-6,9-11,14-15H2. The summed E-state index contributed by atoms with van der Waals surface area (Å²) in [6.45, 7) is 3.11. The van der Waals surface area contributed by atoms with Crippen LogP contribution in [-0.4, -0.2) is 39.0 Å². The highest BCUT2D eigenvalue weighted by atomic mass is 15.3. The van der Waals surface area contributed by atoms with Crippen LogP contribution in [0.5, 0.6) is 0 Å². The van der Waals surface area contributed by atoms with Gasteiger partial charge in [0.2, 0.25) is 5.95 Å². The molecule has 0 radical (unpaired) electrons. The minimum Gasteiger partial charge on any atom is -0.355 e. The van der Waals surface area contributed by atoms with Gasteiger partial charge < -0.3 is 9.80 Å². The predicted octanol–water partition coefficient (Wildman–Crippen LogP) is 4.05. The van der Waals surface area contributed by atoms with Crippen molar-refractivity contribution in [3.8, 4) is 0 Å². The summed E-state index contributed by atoms with van der Waals surface area (Å²) in [6, 6.07) is 4.17. The molecule has 1 saturated heterocycles. The Morgan fingerprint density at radius 1 is 0.967 bits per heavy atom. The fraction of sp³-hybridized carbons (Fsp3) is 0.417. The SMILES string of the molecule is C1=C2CC3(CCN(c4nccn5c(N6CCCc7ncccc76)ncc45)CC3)CC=12. The Balaban J connectivity index is 1.21. The van der Waals surface area contributed by atoms with Crippen LogP contribution in [0.3, 0.4) is 0 Å². The van der Waals surface area contributed by atoms with Gasteiger partial charge in [0.25, 0.3) is 0 Å². The van der Waals surface area contributed by atoms with Gasteiger partial charge in [-0.2, -0.15) is 0 Å². The molecule has 1 spiro atoms. The van der Waals surface area contributed by atoms with E-state index in [1.807, 2.05) is 30.9 Å². The van der Waals surface area contributed by atoms with Crippen molar-refractivity contribution in [3.05, 3.63) is 59.5 Å². The second-order valence-corrected chi connectivity index (χ2v) is 9.21. The van der Waals surface area contributed by atoms with E-state index in [0.29, 0.717) is 5.41 Å². The van der Waals surface area contributed by atoms with Crippen LogP contribution in [0.1, 0.15) is 37.8 Å². The first-order chi connectivity index (χ1) is 14.8. The summed E-state index contributed by atoms with van der Waals surface area (Å²) in [4.78, 5) is 19.0. The largest absolute Gasteiger partial charge is 0.355 e. The van der Waals surface area contributed by atoms with Gasteiger partial charge in [0.05, 0.1) is 17.6 Å². The van der Waals surface area contributed by atoms with Gasteiger partial charge >= 0.3 is 0 Å².